The molecule has 0 aliphatic carbocycles. The van der Waals surface area contributed by atoms with Crippen LogP contribution in [0.4, 0.5) is 13.2 Å². The highest BCUT2D eigenvalue weighted by molar-refractivity contribution is 6.02. The van der Waals surface area contributed by atoms with Gasteiger partial charge in [0.2, 0.25) is 0 Å². The number of halogens is 3. The predicted octanol–water partition coefficient (Wildman–Crippen LogP) is 6.28. The van der Waals surface area contributed by atoms with Crippen molar-refractivity contribution in [2.75, 3.05) is 13.2 Å². The number of carboxylic acid groups (broad SMARTS) is 1. The molecule has 1 fully saturated rings. The molecule has 2 aromatic rings. The van der Waals surface area contributed by atoms with E-state index >= 15 is 0 Å². The summed E-state index contributed by atoms with van der Waals surface area (Å²) in [4.78, 5) is 37.0. The number of phenols is 1. The first-order valence-electron chi connectivity index (χ1n) is 13.9. The largest absolute Gasteiger partial charge is 0.507 e. The molecule has 3 N–H and O–H groups in total. The number of aromatic hydroxyl groups is 1. The molecule has 0 radical (unpaired) electrons. The minimum absolute atomic E-state index is 0.0917. The first kappa shape index (κ1) is 35.3. The molecular formula is C32H41F3N2O6. The van der Waals surface area contributed by atoms with Crippen molar-refractivity contribution in [3.05, 3.63) is 64.7 Å². The van der Waals surface area contributed by atoms with E-state index in [2.05, 4.69) is 0 Å². The van der Waals surface area contributed by atoms with Crippen LogP contribution in [-0.2, 0) is 31.6 Å². The average molecular weight is 607 g/mol. The lowest BCUT2D eigenvalue weighted by Crippen LogP contribution is -2.42. The number of carbonyl (C=O) groups excluding carboxylic acids is 2. The molecule has 0 bridgehead atoms. The van der Waals surface area contributed by atoms with Crippen molar-refractivity contribution >= 4 is 23.6 Å². The first-order chi connectivity index (χ1) is 19.7. The minimum atomic E-state index is -5.08. The lowest BCUT2D eigenvalue weighted by atomic mass is 9.78. The molecule has 1 aliphatic rings. The smallest absolute Gasteiger partial charge is 0.490 e. The maximum absolute atomic E-state index is 13.6. The maximum atomic E-state index is 13.6. The van der Waals surface area contributed by atoms with Gasteiger partial charge in [-0.25, -0.2) is 9.59 Å². The van der Waals surface area contributed by atoms with Crippen molar-refractivity contribution in [1.29, 1.82) is 5.41 Å². The van der Waals surface area contributed by atoms with Crippen LogP contribution >= 0.6 is 0 Å². The van der Waals surface area contributed by atoms with Crippen LogP contribution in [0.3, 0.4) is 0 Å². The number of ether oxygens (including phenoxy) is 1. The van der Waals surface area contributed by atoms with Gasteiger partial charge in [-0.2, -0.15) is 13.2 Å². The van der Waals surface area contributed by atoms with E-state index in [0.717, 1.165) is 5.56 Å². The van der Waals surface area contributed by atoms with Gasteiger partial charge in [0.15, 0.2) is 5.78 Å². The minimum Gasteiger partial charge on any atom is -0.507 e. The Morgan fingerprint density at radius 1 is 0.977 bits per heavy atom. The van der Waals surface area contributed by atoms with Gasteiger partial charge < -0.3 is 19.8 Å². The van der Waals surface area contributed by atoms with Crippen LogP contribution in [0.2, 0.25) is 0 Å². The molecule has 2 aromatic carbocycles. The van der Waals surface area contributed by atoms with E-state index in [1.807, 2.05) is 71.9 Å². The molecule has 0 spiro atoms. The highest BCUT2D eigenvalue weighted by atomic mass is 19.4. The summed E-state index contributed by atoms with van der Waals surface area (Å²) in [5, 5.41) is 27.0. The van der Waals surface area contributed by atoms with Crippen LogP contribution in [0.25, 0.3) is 0 Å². The number of hydrogen-bond acceptors (Lipinski definition) is 6. The summed E-state index contributed by atoms with van der Waals surface area (Å²) in [5.74, 6) is -3.02. The molecule has 8 nitrogen and oxygen atoms in total. The summed E-state index contributed by atoms with van der Waals surface area (Å²) in [6.07, 6.45) is -4.02. The molecule has 236 valence electrons. The zero-order chi connectivity index (χ0) is 32.9. The third-order valence-corrected chi connectivity index (χ3v) is 7.07. The highest BCUT2D eigenvalue weighted by Crippen LogP contribution is 2.40. The number of carboxylic acids is 1. The Morgan fingerprint density at radius 3 is 1.88 bits per heavy atom. The maximum Gasteiger partial charge on any atom is 0.490 e. The van der Waals surface area contributed by atoms with Crippen molar-refractivity contribution < 1.29 is 42.5 Å². The summed E-state index contributed by atoms with van der Waals surface area (Å²) in [7, 11) is 0. The van der Waals surface area contributed by atoms with Gasteiger partial charge in [-0.3, -0.25) is 10.2 Å². The Morgan fingerprint density at radius 2 is 1.47 bits per heavy atom. The van der Waals surface area contributed by atoms with E-state index in [-0.39, 0.29) is 47.3 Å². The van der Waals surface area contributed by atoms with Crippen LogP contribution in [0.1, 0.15) is 81.9 Å². The number of esters is 1. The quantitative estimate of drug-likeness (QED) is 0.250. The Kier molecular flexibility index (Phi) is 11.2. The second-order valence-corrected chi connectivity index (χ2v) is 12.5. The van der Waals surface area contributed by atoms with Gasteiger partial charge in [0.25, 0.3) is 0 Å². The number of phenolic OH excluding ortho intramolecular Hbond substituents is 1. The molecule has 3 rings (SSSR count). The van der Waals surface area contributed by atoms with E-state index < -0.39 is 24.2 Å². The summed E-state index contributed by atoms with van der Waals surface area (Å²) in [6, 6.07) is 12.7. The fraction of sp³-hybridized carbons (Fsp3) is 0.500. The molecule has 1 heterocycles. The van der Waals surface area contributed by atoms with Crippen molar-refractivity contribution in [2.24, 2.45) is 5.92 Å². The van der Waals surface area contributed by atoms with E-state index in [0.29, 0.717) is 29.5 Å². The fourth-order valence-electron chi connectivity index (χ4n) is 4.83. The summed E-state index contributed by atoms with van der Waals surface area (Å²) < 4.78 is 37.0. The first-order valence-corrected chi connectivity index (χ1v) is 13.9. The number of likely N-dealkylation sites (tertiary alicyclic amines) is 1. The highest BCUT2D eigenvalue weighted by Gasteiger charge is 2.42. The second kappa shape index (κ2) is 13.6. The van der Waals surface area contributed by atoms with Crippen LogP contribution in [0.15, 0.2) is 42.5 Å². The van der Waals surface area contributed by atoms with Gasteiger partial charge in [-0.1, -0.05) is 71.9 Å². The van der Waals surface area contributed by atoms with Crippen molar-refractivity contribution in [3.8, 4) is 5.75 Å². The number of nitrogens with zero attached hydrogens (tertiary/aromatic N) is 1. The third kappa shape index (κ3) is 9.30. The lowest BCUT2D eigenvalue weighted by Gasteiger charge is -2.29. The molecule has 1 saturated heterocycles. The van der Waals surface area contributed by atoms with Crippen molar-refractivity contribution in [2.45, 2.75) is 84.4 Å². The molecular weight excluding hydrogens is 565 g/mol. The summed E-state index contributed by atoms with van der Waals surface area (Å²) in [5.41, 5.74) is 2.25. The number of benzene rings is 2. The second-order valence-electron chi connectivity index (χ2n) is 12.5. The Labute approximate surface area is 250 Å². The van der Waals surface area contributed by atoms with E-state index in [9.17, 15) is 27.9 Å². The van der Waals surface area contributed by atoms with Gasteiger partial charge in [0, 0.05) is 22.6 Å². The van der Waals surface area contributed by atoms with Crippen LogP contribution in [-0.4, -0.2) is 64.0 Å². The van der Waals surface area contributed by atoms with E-state index in [4.69, 9.17) is 20.0 Å². The van der Waals surface area contributed by atoms with Crippen LogP contribution < -0.4 is 0 Å². The normalized spacial score (nSPS) is 17.3. The molecule has 0 aromatic heterocycles. The molecule has 0 amide bonds. The Bertz CT molecular complexity index is 1290. The number of amidine groups is 1. The number of ketones is 1. The standard InChI is InChI=1S/C30H40N2O4.C2HF3O2/c1-8-36-28(35)24-17-21(14-19-12-10-9-11-13-19)27(31)32(24)18-25(33)20-15-22(29(2,3)4)26(34)23(16-20)30(5,6)7;3-2(4,5)1(6)7/h9-13,15-16,21,24,31,34H,8,14,17-18H2,1-7H3;(H,6,7). The Balaban J connectivity index is 0.000000821. The number of Topliss-reactive ketones (excluding diaryl/α,β-unsaturated/α-hetero) is 1. The number of carbonyl (C=O) groups is 3. The topological polar surface area (TPSA) is 128 Å². The van der Waals surface area contributed by atoms with Crippen LogP contribution in [0, 0.1) is 11.3 Å². The van der Waals surface area contributed by atoms with Crippen LogP contribution in [0.5, 0.6) is 5.75 Å². The van der Waals surface area contributed by atoms with Gasteiger partial charge in [0.05, 0.1) is 13.2 Å². The molecule has 43 heavy (non-hydrogen) atoms. The van der Waals surface area contributed by atoms with Gasteiger partial charge in [0.1, 0.15) is 17.6 Å². The van der Waals surface area contributed by atoms with Gasteiger partial charge >= 0.3 is 18.1 Å². The summed E-state index contributed by atoms with van der Waals surface area (Å²) in [6.45, 7) is 13.9. The number of hydrogen-bond donors (Lipinski definition) is 3. The third-order valence-electron chi connectivity index (χ3n) is 7.07. The number of aliphatic carboxylic acids is 1. The average Bonchev–Trinajstić information content (AvgIpc) is 3.18. The predicted molar refractivity (Wildman–Crippen MR) is 157 cm³/mol. The van der Waals surface area contributed by atoms with E-state index in [1.54, 1.807) is 24.0 Å². The van der Waals surface area contributed by atoms with E-state index in [1.165, 1.54) is 0 Å². The van der Waals surface area contributed by atoms with Crippen molar-refractivity contribution in [1.82, 2.24) is 4.90 Å². The zero-order valence-electron chi connectivity index (χ0n) is 25.6. The van der Waals surface area contributed by atoms with Gasteiger partial charge in [-0.15, -0.1) is 0 Å². The van der Waals surface area contributed by atoms with Gasteiger partial charge in [-0.05, 0) is 48.3 Å². The number of alkyl halides is 3. The number of rotatable bonds is 7. The Hall–Kier alpha value is -3.89. The summed E-state index contributed by atoms with van der Waals surface area (Å²) >= 11 is 0. The zero-order valence-corrected chi connectivity index (χ0v) is 25.6. The fourth-order valence-corrected chi connectivity index (χ4v) is 4.83. The molecule has 0 saturated carbocycles. The SMILES string of the molecule is CCOC(=O)C1CC(Cc2ccccc2)C(=N)N1CC(=O)c1cc(C(C)(C)C)c(O)c(C(C)(C)C)c1.O=C(O)C(F)(F)F. The van der Waals surface area contributed by atoms with Crippen molar-refractivity contribution in [3.63, 3.8) is 0 Å². The molecule has 1 aliphatic heterocycles. The molecule has 11 heteroatoms. The lowest BCUT2D eigenvalue weighted by molar-refractivity contribution is -0.192. The molecule has 2 atom stereocenters. The monoisotopic (exact) mass is 606 g/mol. The number of nitrogens with one attached hydrogen (secondary N) is 1. The molecule has 2 unspecified atom stereocenters.